The predicted octanol–water partition coefficient (Wildman–Crippen LogP) is 0.837. The summed E-state index contributed by atoms with van der Waals surface area (Å²) in [6.45, 7) is 2.23. The molecular formula is C14H19N3O4. The number of benzene rings is 1. The van der Waals surface area contributed by atoms with Crippen LogP contribution in [0.5, 0.6) is 0 Å². The molecule has 3 atom stereocenters. The van der Waals surface area contributed by atoms with E-state index in [9.17, 15) is 20.0 Å². The van der Waals surface area contributed by atoms with Crippen molar-refractivity contribution in [3.05, 3.63) is 39.9 Å². The van der Waals surface area contributed by atoms with Crippen LogP contribution in [0.25, 0.3) is 0 Å². The third-order valence-corrected chi connectivity index (χ3v) is 3.90. The average molecular weight is 293 g/mol. The maximum absolute atomic E-state index is 12.3. The van der Waals surface area contributed by atoms with Crippen LogP contribution in [0.1, 0.15) is 24.9 Å². The number of nitrogens with zero attached hydrogens (tertiary/aromatic N) is 2. The van der Waals surface area contributed by atoms with Crippen LogP contribution in [-0.4, -0.2) is 46.6 Å². The van der Waals surface area contributed by atoms with Crippen molar-refractivity contribution in [1.29, 1.82) is 0 Å². The number of carbonyl (C=O) groups is 1. The zero-order valence-electron chi connectivity index (χ0n) is 12.0. The first kappa shape index (κ1) is 15.4. The van der Waals surface area contributed by atoms with Gasteiger partial charge in [0, 0.05) is 25.7 Å². The number of nitrogens with one attached hydrogen (secondary N) is 1. The Bertz CT molecular complexity index is 549. The quantitative estimate of drug-likeness (QED) is 0.633. The van der Waals surface area contributed by atoms with Crippen molar-refractivity contribution in [2.45, 2.75) is 31.5 Å². The highest BCUT2D eigenvalue weighted by molar-refractivity contribution is 5.82. The van der Waals surface area contributed by atoms with Crippen LogP contribution in [0.4, 0.5) is 5.69 Å². The van der Waals surface area contributed by atoms with E-state index in [0.29, 0.717) is 18.5 Å². The lowest BCUT2D eigenvalue weighted by atomic mass is 10.1. The number of non-ortho nitro benzene ring substituents is 1. The summed E-state index contributed by atoms with van der Waals surface area (Å²) in [4.78, 5) is 24.3. The normalized spacial score (nSPS) is 22.8. The van der Waals surface area contributed by atoms with Gasteiger partial charge in [-0.15, -0.1) is 0 Å². The summed E-state index contributed by atoms with van der Waals surface area (Å²) in [5.74, 6) is -0.120. The van der Waals surface area contributed by atoms with Crippen molar-refractivity contribution in [2.75, 3.05) is 13.6 Å². The van der Waals surface area contributed by atoms with Crippen LogP contribution in [0.3, 0.4) is 0 Å². The SMILES string of the molecule is CC(c1cccc([N+](=O)[O-])c1)N(C)C(=O)C1CC(O)CN1. The molecule has 3 unspecified atom stereocenters. The summed E-state index contributed by atoms with van der Waals surface area (Å²) in [5, 5.41) is 23.3. The number of carbonyl (C=O) groups excluding carboxylic acids is 1. The average Bonchev–Trinajstić information content (AvgIpc) is 2.91. The Morgan fingerprint density at radius 2 is 2.29 bits per heavy atom. The minimum absolute atomic E-state index is 0.00890. The maximum Gasteiger partial charge on any atom is 0.269 e. The lowest BCUT2D eigenvalue weighted by Crippen LogP contribution is -2.42. The van der Waals surface area contributed by atoms with E-state index < -0.39 is 17.1 Å². The molecule has 0 radical (unpaired) electrons. The van der Waals surface area contributed by atoms with Crippen molar-refractivity contribution in [3.8, 4) is 0 Å². The maximum atomic E-state index is 12.3. The van der Waals surface area contributed by atoms with E-state index in [0.717, 1.165) is 0 Å². The standard InChI is InChI=1S/C14H19N3O4/c1-9(10-4-3-5-11(6-10)17(20)21)16(2)14(19)13-7-12(18)8-15-13/h3-6,9,12-13,15,18H,7-8H2,1-2H3. The van der Waals surface area contributed by atoms with E-state index in [1.807, 2.05) is 6.92 Å². The molecule has 1 aromatic carbocycles. The van der Waals surface area contributed by atoms with Crippen molar-refractivity contribution in [3.63, 3.8) is 0 Å². The smallest absolute Gasteiger partial charge is 0.269 e. The van der Waals surface area contributed by atoms with E-state index in [2.05, 4.69) is 5.32 Å². The number of aliphatic hydroxyl groups is 1. The molecule has 1 aromatic rings. The van der Waals surface area contributed by atoms with Crippen molar-refractivity contribution >= 4 is 11.6 Å². The number of likely N-dealkylation sites (N-methyl/N-ethyl adjacent to an activating group) is 1. The van der Waals surface area contributed by atoms with E-state index in [1.54, 1.807) is 24.1 Å². The van der Waals surface area contributed by atoms with Gasteiger partial charge >= 0.3 is 0 Å². The molecule has 0 spiro atoms. The molecule has 1 aliphatic heterocycles. The third kappa shape index (κ3) is 3.37. The van der Waals surface area contributed by atoms with Gasteiger partial charge in [-0.3, -0.25) is 14.9 Å². The fourth-order valence-electron chi connectivity index (χ4n) is 2.46. The van der Waals surface area contributed by atoms with E-state index in [1.165, 1.54) is 12.1 Å². The molecule has 0 aromatic heterocycles. The first-order valence-corrected chi connectivity index (χ1v) is 6.82. The van der Waals surface area contributed by atoms with Gasteiger partial charge in [-0.2, -0.15) is 0 Å². The van der Waals surface area contributed by atoms with Crippen LogP contribution >= 0.6 is 0 Å². The summed E-state index contributed by atoms with van der Waals surface area (Å²) in [7, 11) is 1.66. The van der Waals surface area contributed by atoms with Gasteiger partial charge in [-0.25, -0.2) is 0 Å². The van der Waals surface area contributed by atoms with E-state index in [-0.39, 0.29) is 17.6 Å². The molecule has 1 amide bonds. The second kappa shape index (κ2) is 6.19. The number of nitro groups is 1. The first-order valence-electron chi connectivity index (χ1n) is 6.82. The summed E-state index contributed by atoms with van der Waals surface area (Å²) in [6.07, 6.45) is -0.106. The lowest BCUT2D eigenvalue weighted by molar-refractivity contribution is -0.384. The van der Waals surface area contributed by atoms with Crippen molar-refractivity contribution in [2.24, 2.45) is 0 Å². The number of hydrogen-bond donors (Lipinski definition) is 2. The Balaban J connectivity index is 2.11. The molecule has 2 N–H and O–H groups in total. The summed E-state index contributed by atoms with van der Waals surface area (Å²) in [6, 6.07) is 5.60. The van der Waals surface area contributed by atoms with Gasteiger partial charge < -0.3 is 15.3 Å². The largest absolute Gasteiger partial charge is 0.392 e. The van der Waals surface area contributed by atoms with Crippen LogP contribution in [0.15, 0.2) is 24.3 Å². The van der Waals surface area contributed by atoms with Gasteiger partial charge in [0.2, 0.25) is 5.91 Å². The topological polar surface area (TPSA) is 95.7 Å². The van der Waals surface area contributed by atoms with Crippen LogP contribution < -0.4 is 5.32 Å². The van der Waals surface area contributed by atoms with Crippen molar-refractivity contribution in [1.82, 2.24) is 10.2 Å². The fourth-order valence-corrected chi connectivity index (χ4v) is 2.46. The third-order valence-electron chi connectivity index (χ3n) is 3.90. The molecule has 7 nitrogen and oxygen atoms in total. The molecule has 2 rings (SSSR count). The van der Waals surface area contributed by atoms with Gasteiger partial charge in [0.05, 0.1) is 23.1 Å². The van der Waals surface area contributed by atoms with Gasteiger partial charge in [0.15, 0.2) is 0 Å². The Hall–Kier alpha value is -1.99. The zero-order valence-corrected chi connectivity index (χ0v) is 12.0. The summed E-state index contributed by atoms with van der Waals surface area (Å²) in [5.41, 5.74) is 0.716. The Labute approximate surface area is 122 Å². The molecule has 114 valence electrons. The van der Waals surface area contributed by atoms with Gasteiger partial charge in [0.1, 0.15) is 0 Å². The predicted molar refractivity (Wildman–Crippen MR) is 76.7 cm³/mol. The van der Waals surface area contributed by atoms with E-state index in [4.69, 9.17) is 0 Å². The molecule has 21 heavy (non-hydrogen) atoms. The number of hydrogen-bond acceptors (Lipinski definition) is 5. The Morgan fingerprint density at radius 3 is 2.86 bits per heavy atom. The van der Waals surface area contributed by atoms with E-state index >= 15 is 0 Å². The van der Waals surface area contributed by atoms with Crippen LogP contribution in [0.2, 0.25) is 0 Å². The van der Waals surface area contributed by atoms with Crippen molar-refractivity contribution < 1.29 is 14.8 Å². The number of aliphatic hydroxyl groups excluding tert-OH is 1. The minimum Gasteiger partial charge on any atom is -0.392 e. The number of rotatable bonds is 4. The molecule has 1 aliphatic rings. The molecule has 0 aliphatic carbocycles. The molecule has 0 saturated carbocycles. The van der Waals surface area contributed by atoms with Gasteiger partial charge in [-0.1, -0.05) is 12.1 Å². The Morgan fingerprint density at radius 1 is 1.57 bits per heavy atom. The Kier molecular flexibility index (Phi) is 4.54. The first-order chi connectivity index (χ1) is 9.90. The minimum atomic E-state index is -0.500. The molecular weight excluding hydrogens is 274 g/mol. The molecule has 0 bridgehead atoms. The number of amides is 1. The number of β-amino-alcohol motifs (C(OH)–C–C–N with tert-alkyl or cyclic N) is 1. The highest BCUT2D eigenvalue weighted by Gasteiger charge is 2.32. The van der Waals surface area contributed by atoms with Crippen LogP contribution in [-0.2, 0) is 4.79 Å². The van der Waals surface area contributed by atoms with Gasteiger partial charge in [0.25, 0.3) is 5.69 Å². The summed E-state index contributed by atoms with van der Waals surface area (Å²) < 4.78 is 0. The van der Waals surface area contributed by atoms with Gasteiger partial charge in [-0.05, 0) is 18.9 Å². The zero-order chi connectivity index (χ0) is 15.6. The number of nitro benzene ring substituents is 1. The molecule has 1 heterocycles. The second-order valence-corrected chi connectivity index (χ2v) is 5.33. The molecule has 1 saturated heterocycles. The van der Waals surface area contributed by atoms with Crippen LogP contribution in [0, 0.1) is 10.1 Å². The monoisotopic (exact) mass is 293 g/mol. The lowest BCUT2D eigenvalue weighted by Gasteiger charge is -2.27. The highest BCUT2D eigenvalue weighted by atomic mass is 16.6. The fraction of sp³-hybridized carbons (Fsp3) is 0.500. The second-order valence-electron chi connectivity index (χ2n) is 5.33. The highest BCUT2D eigenvalue weighted by Crippen LogP contribution is 2.24. The summed E-state index contributed by atoms with van der Waals surface area (Å²) >= 11 is 0. The molecule has 7 heteroatoms. The molecule has 1 fully saturated rings.